The molecule has 0 saturated heterocycles. The molecule has 0 amide bonds. The van der Waals surface area contributed by atoms with Gasteiger partial charge in [0.2, 0.25) is 5.95 Å². The number of anilines is 3. The van der Waals surface area contributed by atoms with Gasteiger partial charge in [0.15, 0.2) is 0 Å². The highest BCUT2D eigenvalue weighted by Crippen LogP contribution is 2.25. The van der Waals surface area contributed by atoms with Gasteiger partial charge in [0.25, 0.3) is 0 Å². The fraction of sp³-hybridized carbons (Fsp3) is 0.176. The van der Waals surface area contributed by atoms with Crippen LogP contribution in [0, 0.1) is 20.8 Å². The lowest BCUT2D eigenvalue weighted by Crippen LogP contribution is -2.02. The second-order valence-corrected chi connectivity index (χ2v) is 4.90. The molecule has 0 aliphatic carbocycles. The van der Waals surface area contributed by atoms with Crippen molar-refractivity contribution in [2.75, 3.05) is 10.6 Å². The van der Waals surface area contributed by atoms with Crippen molar-refractivity contribution in [1.29, 1.82) is 0 Å². The summed E-state index contributed by atoms with van der Waals surface area (Å²) in [6.45, 7) is 9.90. The number of aromatic nitrogens is 2. The molecular weight excluding hydrogens is 260 g/mol. The van der Waals surface area contributed by atoms with Gasteiger partial charge in [0, 0.05) is 18.1 Å². The Morgan fingerprint density at radius 2 is 1.86 bits per heavy atom. The minimum Gasteiger partial charge on any atom is -0.340 e. The number of allylic oxidation sites excluding steroid dienone is 2. The van der Waals surface area contributed by atoms with Crippen LogP contribution in [-0.4, -0.2) is 9.97 Å². The van der Waals surface area contributed by atoms with Gasteiger partial charge in [-0.1, -0.05) is 30.4 Å². The minimum atomic E-state index is 0.542. The number of nitrogens with zero attached hydrogens (tertiary/aromatic N) is 2. The van der Waals surface area contributed by atoms with Crippen LogP contribution in [0.3, 0.4) is 0 Å². The summed E-state index contributed by atoms with van der Waals surface area (Å²) in [5, 5.41) is 6.36. The summed E-state index contributed by atoms with van der Waals surface area (Å²) in [4.78, 5) is 8.59. The molecule has 1 heterocycles. The Kier molecular flexibility index (Phi) is 4.72. The molecule has 4 nitrogen and oxygen atoms in total. The number of benzene rings is 1. The third kappa shape index (κ3) is 3.92. The summed E-state index contributed by atoms with van der Waals surface area (Å²) >= 11 is 0. The third-order valence-corrected chi connectivity index (χ3v) is 3.03. The van der Waals surface area contributed by atoms with Crippen molar-refractivity contribution in [1.82, 2.24) is 9.97 Å². The molecule has 1 aromatic carbocycles. The van der Waals surface area contributed by atoms with Crippen molar-refractivity contribution in [2.45, 2.75) is 20.8 Å². The molecule has 0 bridgehead atoms. The van der Waals surface area contributed by atoms with Gasteiger partial charge in [-0.15, -0.1) is 0 Å². The molecule has 0 radical (unpaired) electrons. The van der Waals surface area contributed by atoms with Crippen molar-refractivity contribution < 1.29 is 0 Å². The summed E-state index contributed by atoms with van der Waals surface area (Å²) in [5.74, 6) is 1.30. The largest absolute Gasteiger partial charge is 0.340 e. The molecule has 1 aromatic heterocycles. The van der Waals surface area contributed by atoms with Crippen LogP contribution in [0.15, 0.2) is 49.3 Å². The molecule has 2 aromatic rings. The van der Waals surface area contributed by atoms with E-state index in [4.69, 9.17) is 0 Å². The lowest BCUT2D eigenvalue weighted by Gasteiger charge is -2.13. The van der Waals surface area contributed by atoms with Crippen LogP contribution >= 0.6 is 0 Å². The first-order chi connectivity index (χ1) is 10.1. The second-order valence-electron chi connectivity index (χ2n) is 4.90. The average Bonchev–Trinajstić information content (AvgIpc) is 2.44. The first kappa shape index (κ1) is 14.8. The van der Waals surface area contributed by atoms with E-state index < -0.39 is 0 Å². The SMILES string of the molecule is C=C/C=C/Nc1nccc(Nc2c(C)cc(C)cc2C)n1. The van der Waals surface area contributed by atoms with E-state index in [1.54, 1.807) is 24.5 Å². The number of nitrogens with one attached hydrogen (secondary N) is 2. The van der Waals surface area contributed by atoms with Crippen LogP contribution in [-0.2, 0) is 0 Å². The number of hydrogen-bond acceptors (Lipinski definition) is 4. The normalized spacial score (nSPS) is 10.6. The second kappa shape index (κ2) is 6.70. The van der Waals surface area contributed by atoms with Gasteiger partial charge >= 0.3 is 0 Å². The van der Waals surface area contributed by atoms with E-state index in [0.717, 1.165) is 11.5 Å². The topological polar surface area (TPSA) is 49.8 Å². The summed E-state index contributed by atoms with van der Waals surface area (Å²) in [7, 11) is 0. The molecule has 0 saturated carbocycles. The van der Waals surface area contributed by atoms with Crippen LogP contribution in [0.1, 0.15) is 16.7 Å². The van der Waals surface area contributed by atoms with Crippen molar-refractivity contribution in [3.05, 3.63) is 66.0 Å². The number of hydrogen-bond donors (Lipinski definition) is 2. The van der Waals surface area contributed by atoms with E-state index in [-0.39, 0.29) is 0 Å². The molecule has 2 rings (SSSR count). The lowest BCUT2D eigenvalue weighted by atomic mass is 10.1. The molecule has 0 aliphatic heterocycles. The zero-order valence-corrected chi connectivity index (χ0v) is 12.6. The van der Waals surface area contributed by atoms with Crippen molar-refractivity contribution in [3.63, 3.8) is 0 Å². The minimum absolute atomic E-state index is 0.542. The molecular formula is C17H20N4. The smallest absolute Gasteiger partial charge is 0.228 e. The first-order valence-corrected chi connectivity index (χ1v) is 6.82. The van der Waals surface area contributed by atoms with E-state index in [9.17, 15) is 0 Å². The Bertz CT molecular complexity index is 651. The first-order valence-electron chi connectivity index (χ1n) is 6.82. The van der Waals surface area contributed by atoms with E-state index in [1.165, 1.54) is 16.7 Å². The van der Waals surface area contributed by atoms with E-state index >= 15 is 0 Å². The maximum absolute atomic E-state index is 4.43. The molecule has 0 spiro atoms. The molecule has 108 valence electrons. The molecule has 0 fully saturated rings. The van der Waals surface area contributed by atoms with Gasteiger partial charge in [-0.2, -0.15) is 4.98 Å². The Morgan fingerprint density at radius 3 is 2.52 bits per heavy atom. The van der Waals surface area contributed by atoms with Crippen LogP contribution in [0.4, 0.5) is 17.5 Å². The summed E-state index contributed by atoms with van der Waals surface area (Å²) < 4.78 is 0. The fourth-order valence-electron chi connectivity index (χ4n) is 2.19. The molecule has 2 N–H and O–H groups in total. The highest BCUT2D eigenvalue weighted by Gasteiger charge is 2.05. The highest BCUT2D eigenvalue weighted by atomic mass is 15.1. The monoisotopic (exact) mass is 280 g/mol. The van der Waals surface area contributed by atoms with E-state index in [1.807, 2.05) is 6.07 Å². The van der Waals surface area contributed by atoms with Crippen LogP contribution in [0.5, 0.6) is 0 Å². The number of rotatable bonds is 5. The van der Waals surface area contributed by atoms with Gasteiger partial charge in [-0.3, -0.25) is 0 Å². The highest BCUT2D eigenvalue weighted by molar-refractivity contribution is 5.65. The molecule has 0 unspecified atom stereocenters. The summed E-state index contributed by atoms with van der Waals surface area (Å²) in [5.41, 5.74) is 4.75. The molecule has 21 heavy (non-hydrogen) atoms. The van der Waals surface area contributed by atoms with Gasteiger partial charge in [-0.05, 0) is 44.0 Å². The summed E-state index contributed by atoms with van der Waals surface area (Å²) in [6.07, 6.45) is 6.94. The van der Waals surface area contributed by atoms with Crippen LogP contribution < -0.4 is 10.6 Å². The molecule has 0 aliphatic rings. The zero-order chi connectivity index (χ0) is 15.2. The zero-order valence-electron chi connectivity index (χ0n) is 12.6. The van der Waals surface area contributed by atoms with Crippen LogP contribution in [0.2, 0.25) is 0 Å². The predicted octanol–water partition coefficient (Wildman–Crippen LogP) is 4.26. The Hall–Kier alpha value is -2.62. The Morgan fingerprint density at radius 1 is 1.14 bits per heavy atom. The van der Waals surface area contributed by atoms with Crippen molar-refractivity contribution in [2.24, 2.45) is 0 Å². The molecule has 4 heteroatoms. The molecule has 0 atom stereocenters. The van der Waals surface area contributed by atoms with Crippen molar-refractivity contribution >= 4 is 17.5 Å². The number of aryl methyl sites for hydroxylation is 3. The van der Waals surface area contributed by atoms with E-state index in [0.29, 0.717) is 5.95 Å². The fourth-order valence-corrected chi connectivity index (χ4v) is 2.19. The maximum Gasteiger partial charge on any atom is 0.228 e. The third-order valence-electron chi connectivity index (χ3n) is 3.03. The lowest BCUT2D eigenvalue weighted by molar-refractivity contribution is 1.16. The Balaban J connectivity index is 2.22. The Labute approximate surface area is 125 Å². The van der Waals surface area contributed by atoms with Gasteiger partial charge in [-0.25, -0.2) is 4.98 Å². The van der Waals surface area contributed by atoms with Crippen molar-refractivity contribution in [3.8, 4) is 0 Å². The summed E-state index contributed by atoms with van der Waals surface area (Å²) in [6, 6.07) is 6.16. The van der Waals surface area contributed by atoms with Gasteiger partial charge in [0.1, 0.15) is 5.82 Å². The maximum atomic E-state index is 4.43. The average molecular weight is 280 g/mol. The predicted molar refractivity (Wildman–Crippen MR) is 88.9 cm³/mol. The van der Waals surface area contributed by atoms with Gasteiger partial charge < -0.3 is 10.6 Å². The van der Waals surface area contributed by atoms with E-state index in [2.05, 4.69) is 60.1 Å². The quantitative estimate of drug-likeness (QED) is 0.804. The van der Waals surface area contributed by atoms with Gasteiger partial charge in [0.05, 0.1) is 0 Å². The standard InChI is InChI=1S/C17H20N4/c1-5-6-8-18-17-19-9-7-15(21-17)20-16-13(3)10-12(2)11-14(16)4/h5-11H,1H2,2-4H3,(H2,18,19,20,21)/b8-6+. The van der Waals surface area contributed by atoms with Crippen LogP contribution in [0.25, 0.3) is 0 Å².